The lowest BCUT2D eigenvalue weighted by Crippen LogP contribution is -2.30. The fourth-order valence-corrected chi connectivity index (χ4v) is 2.72. The van der Waals surface area contributed by atoms with Gasteiger partial charge in [-0.1, -0.05) is 0 Å². The van der Waals surface area contributed by atoms with Crippen molar-refractivity contribution in [1.82, 2.24) is 9.97 Å². The third-order valence-corrected chi connectivity index (χ3v) is 3.29. The highest BCUT2D eigenvalue weighted by molar-refractivity contribution is 7.80. The second kappa shape index (κ2) is 3.79. The molecule has 0 fully saturated rings. The molecule has 0 aliphatic heterocycles. The van der Waals surface area contributed by atoms with E-state index in [1.807, 2.05) is 0 Å². The average molecular weight is 240 g/mol. The second-order valence-corrected chi connectivity index (χ2v) is 9.65. The molecule has 5 heteroatoms. The molecule has 3 nitrogen and oxygen atoms in total. The van der Waals surface area contributed by atoms with E-state index in [-0.39, 0.29) is 0 Å². The predicted molar refractivity (Wildman–Crippen MR) is 65.3 cm³/mol. The lowest BCUT2D eigenvalue weighted by molar-refractivity contribution is 0.516. The summed E-state index contributed by atoms with van der Waals surface area (Å²) in [6, 6.07) is 0. The van der Waals surface area contributed by atoms with Crippen molar-refractivity contribution < 1.29 is 4.43 Å². The quantitative estimate of drug-likeness (QED) is 0.490. The summed E-state index contributed by atoms with van der Waals surface area (Å²) in [6.45, 7) is 6.48. The van der Waals surface area contributed by atoms with Crippen LogP contribution in [0.4, 0.5) is 0 Å². The van der Waals surface area contributed by atoms with Crippen LogP contribution in [0.25, 0.3) is 0 Å². The van der Waals surface area contributed by atoms with Crippen LogP contribution in [0.5, 0.6) is 5.88 Å². The highest BCUT2D eigenvalue weighted by atomic mass is 32.1. The number of nitrogens with zero attached hydrogens (tertiary/aromatic N) is 2. The van der Waals surface area contributed by atoms with Crippen LogP contribution in [0.3, 0.4) is 0 Å². The Morgan fingerprint density at radius 1 is 1.20 bits per heavy atom. The molecule has 0 unspecified atom stereocenters. The highest BCUT2D eigenvalue weighted by Crippen LogP contribution is 2.29. The smallest absolute Gasteiger partial charge is 0.244 e. The molecule has 0 aromatic carbocycles. The predicted octanol–water partition coefficient (Wildman–Crippen LogP) is 2.47. The van der Waals surface area contributed by atoms with E-state index in [0.717, 1.165) is 30.8 Å². The molecule has 0 saturated carbocycles. The largest absolute Gasteiger partial charge is 0.531 e. The Morgan fingerprint density at radius 3 is 2.60 bits per heavy atom. The number of rotatable bonds is 2. The number of hydrogen-bond donors (Lipinski definition) is 1. The van der Waals surface area contributed by atoms with Gasteiger partial charge in [0.15, 0.2) is 5.16 Å². The average Bonchev–Trinajstić information content (AvgIpc) is 2.48. The fraction of sp³-hybridized carbons (Fsp3) is 0.600. The van der Waals surface area contributed by atoms with E-state index in [9.17, 15) is 0 Å². The second-order valence-electron chi connectivity index (χ2n) is 4.82. The van der Waals surface area contributed by atoms with Gasteiger partial charge in [-0.2, -0.15) is 4.98 Å². The zero-order chi connectivity index (χ0) is 11.1. The zero-order valence-corrected chi connectivity index (χ0v) is 11.3. The molecule has 0 N–H and O–H groups in total. The lowest BCUT2D eigenvalue weighted by atomic mass is 10.2. The SMILES string of the molecule is C[Si](C)(C)Oc1nc(S)nc2c1CCC2. The zero-order valence-electron chi connectivity index (χ0n) is 9.37. The minimum Gasteiger partial charge on any atom is -0.531 e. The molecule has 0 amide bonds. The minimum absolute atomic E-state index is 0.531. The van der Waals surface area contributed by atoms with Crippen LogP contribution < -0.4 is 4.43 Å². The molecule has 1 aromatic heterocycles. The third-order valence-electron chi connectivity index (χ3n) is 2.29. The maximum Gasteiger partial charge on any atom is 0.244 e. The van der Waals surface area contributed by atoms with Crippen molar-refractivity contribution in [3.63, 3.8) is 0 Å². The van der Waals surface area contributed by atoms with Crippen LogP contribution in [0.2, 0.25) is 19.6 Å². The van der Waals surface area contributed by atoms with Crippen LogP contribution in [0.15, 0.2) is 5.16 Å². The molecular weight excluding hydrogens is 224 g/mol. The van der Waals surface area contributed by atoms with Crippen molar-refractivity contribution in [3.05, 3.63) is 11.3 Å². The Hall–Kier alpha value is -0.553. The number of aromatic nitrogens is 2. The summed E-state index contributed by atoms with van der Waals surface area (Å²) in [4.78, 5) is 8.63. The number of fused-ring (bicyclic) bond motifs is 1. The molecule has 1 aliphatic carbocycles. The van der Waals surface area contributed by atoms with Gasteiger partial charge >= 0.3 is 0 Å². The van der Waals surface area contributed by atoms with Crippen LogP contribution in [0.1, 0.15) is 17.7 Å². The van der Waals surface area contributed by atoms with Crippen molar-refractivity contribution in [1.29, 1.82) is 0 Å². The topological polar surface area (TPSA) is 35.0 Å². The Bertz CT molecular complexity index is 390. The van der Waals surface area contributed by atoms with Gasteiger partial charge in [0.05, 0.1) is 5.69 Å². The molecular formula is C10H16N2OSSi. The van der Waals surface area contributed by atoms with E-state index in [0.29, 0.717) is 5.16 Å². The van der Waals surface area contributed by atoms with E-state index < -0.39 is 8.32 Å². The Balaban J connectivity index is 2.39. The normalized spacial score (nSPS) is 15.2. The number of hydrogen-bond acceptors (Lipinski definition) is 4. The van der Waals surface area contributed by atoms with Crippen molar-refractivity contribution in [3.8, 4) is 5.88 Å². The first kappa shape index (κ1) is 10.9. The maximum absolute atomic E-state index is 5.96. The summed E-state index contributed by atoms with van der Waals surface area (Å²) in [5.74, 6) is 0.779. The molecule has 1 heterocycles. The Labute approximate surface area is 96.8 Å². The van der Waals surface area contributed by atoms with Gasteiger partial charge in [-0.05, 0) is 38.9 Å². The maximum atomic E-state index is 5.96. The first-order valence-corrected chi connectivity index (χ1v) is 9.09. The van der Waals surface area contributed by atoms with Gasteiger partial charge in [-0.15, -0.1) is 12.6 Å². The summed E-state index contributed by atoms with van der Waals surface area (Å²) >= 11 is 4.22. The van der Waals surface area contributed by atoms with E-state index in [1.54, 1.807) is 0 Å². The molecule has 0 saturated heterocycles. The number of aryl methyl sites for hydroxylation is 1. The van der Waals surface area contributed by atoms with Gasteiger partial charge < -0.3 is 4.43 Å². The standard InChI is InChI=1S/C10H16N2OSSi/c1-15(2,3)13-9-7-5-4-6-8(7)11-10(14)12-9/h4-6H2,1-3H3,(H,11,12,14). The molecule has 0 radical (unpaired) electrons. The van der Waals surface area contributed by atoms with Gasteiger partial charge in [0.1, 0.15) is 0 Å². The van der Waals surface area contributed by atoms with Crippen LogP contribution >= 0.6 is 12.6 Å². The molecule has 15 heavy (non-hydrogen) atoms. The fourth-order valence-electron chi connectivity index (χ4n) is 1.76. The van der Waals surface area contributed by atoms with Crippen molar-refractivity contribution in [2.24, 2.45) is 0 Å². The Morgan fingerprint density at radius 2 is 1.93 bits per heavy atom. The van der Waals surface area contributed by atoms with Crippen LogP contribution in [-0.4, -0.2) is 18.3 Å². The summed E-state index contributed by atoms with van der Waals surface area (Å²) in [5.41, 5.74) is 2.33. The van der Waals surface area contributed by atoms with E-state index in [2.05, 4.69) is 42.2 Å². The summed E-state index contributed by atoms with van der Waals surface area (Å²) < 4.78 is 5.96. The van der Waals surface area contributed by atoms with E-state index >= 15 is 0 Å². The van der Waals surface area contributed by atoms with Crippen molar-refractivity contribution >= 4 is 20.9 Å². The molecule has 0 bridgehead atoms. The van der Waals surface area contributed by atoms with Crippen molar-refractivity contribution in [2.75, 3.05) is 0 Å². The van der Waals surface area contributed by atoms with E-state index in [4.69, 9.17) is 4.43 Å². The van der Waals surface area contributed by atoms with Gasteiger partial charge in [0.2, 0.25) is 14.2 Å². The number of thiol groups is 1. The van der Waals surface area contributed by atoms with E-state index in [1.165, 1.54) is 5.56 Å². The molecule has 1 aromatic rings. The molecule has 2 rings (SSSR count). The van der Waals surface area contributed by atoms with Gasteiger partial charge in [-0.25, -0.2) is 4.98 Å². The summed E-state index contributed by atoms with van der Waals surface area (Å²) in [7, 11) is -1.59. The molecule has 1 aliphatic rings. The monoisotopic (exact) mass is 240 g/mol. The minimum atomic E-state index is -1.59. The van der Waals surface area contributed by atoms with Crippen molar-refractivity contribution in [2.45, 2.75) is 44.1 Å². The van der Waals surface area contributed by atoms with Gasteiger partial charge in [-0.3, -0.25) is 0 Å². The molecule has 82 valence electrons. The Kier molecular flexibility index (Phi) is 2.77. The first-order chi connectivity index (χ1) is 6.96. The van der Waals surface area contributed by atoms with Gasteiger partial charge in [0.25, 0.3) is 0 Å². The summed E-state index contributed by atoms with van der Waals surface area (Å²) in [6.07, 6.45) is 3.24. The molecule has 0 atom stereocenters. The summed E-state index contributed by atoms with van der Waals surface area (Å²) in [5, 5.41) is 0.531. The molecule has 0 spiro atoms. The highest BCUT2D eigenvalue weighted by Gasteiger charge is 2.24. The van der Waals surface area contributed by atoms with Crippen LogP contribution in [-0.2, 0) is 12.8 Å². The van der Waals surface area contributed by atoms with Crippen LogP contribution in [0, 0.1) is 0 Å². The lowest BCUT2D eigenvalue weighted by Gasteiger charge is -2.20. The first-order valence-electron chi connectivity index (χ1n) is 5.23. The van der Waals surface area contributed by atoms with Gasteiger partial charge in [0, 0.05) is 5.56 Å². The third kappa shape index (κ3) is 2.52.